The van der Waals surface area contributed by atoms with Gasteiger partial charge in [0.2, 0.25) is 0 Å². The van der Waals surface area contributed by atoms with Crippen LogP contribution in [0.1, 0.15) is 110 Å². The molecule has 0 aromatic heterocycles. The number of unbranched alkanes of at least 4 members (excludes halogenated alkanes) is 12. The maximum atomic E-state index is 12.2. The molecule has 0 saturated heterocycles. The second-order valence-electron chi connectivity index (χ2n) is 7.58. The van der Waals surface area contributed by atoms with Crippen molar-refractivity contribution < 1.29 is 14.7 Å². The Balaban J connectivity index is 3.61. The normalized spacial score (nSPS) is 13.5. The minimum atomic E-state index is -1.75. The van der Waals surface area contributed by atoms with Crippen molar-refractivity contribution in [2.45, 2.75) is 115 Å². The van der Waals surface area contributed by atoms with Crippen molar-refractivity contribution in [1.82, 2.24) is 0 Å². The van der Waals surface area contributed by atoms with Crippen LogP contribution in [0.15, 0.2) is 0 Å². The molecule has 0 fully saturated rings. The highest BCUT2D eigenvalue weighted by atomic mass is 16.4. The molecule has 0 amide bonds. The third-order valence-corrected chi connectivity index (χ3v) is 5.16. The highest BCUT2D eigenvalue weighted by Crippen LogP contribution is 2.17. The first-order valence-corrected chi connectivity index (χ1v) is 10.7. The molecule has 1 atom stereocenters. The Hall–Kier alpha value is -0.940. The van der Waals surface area contributed by atoms with Gasteiger partial charge >= 0.3 is 5.97 Å². The van der Waals surface area contributed by atoms with E-state index in [1.807, 2.05) is 0 Å². The Morgan fingerprint density at radius 3 is 1.58 bits per heavy atom. The average molecular weight is 371 g/mol. The molecule has 5 heteroatoms. The topological polar surface area (TPSA) is 106 Å². The number of hydrogen-bond acceptors (Lipinski definition) is 4. The zero-order valence-electron chi connectivity index (χ0n) is 16.9. The van der Waals surface area contributed by atoms with E-state index in [1.165, 1.54) is 64.2 Å². The Labute approximate surface area is 160 Å². The Bertz CT molecular complexity index is 374. The Morgan fingerprint density at radius 1 is 0.769 bits per heavy atom. The summed E-state index contributed by atoms with van der Waals surface area (Å²) in [5.74, 6) is -1.59. The van der Waals surface area contributed by atoms with Crippen LogP contribution in [0.2, 0.25) is 0 Å². The highest BCUT2D eigenvalue weighted by molar-refractivity contribution is 6.07. The zero-order chi connectivity index (χ0) is 19.7. The maximum absolute atomic E-state index is 12.2. The van der Waals surface area contributed by atoms with Crippen molar-refractivity contribution in [3.63, 3.8) is 0 Å². The predicted octanol–water partition coefficient (Wildman–Crippen LogP) is 4.56. The van der Waals surface area contributed by atoms with Crippen LogP contribution in [0.3, 0.4) is 0 Å². The lowest BCUT2D eigenvalue weighted by atomic mass is 9.87. The number of hydrogen-bond donors (Lipinski definition) is 3. The summed E-state index contributed by atoms with van der Waals surface area (Å²) in [4.78, 5) is 23.5. The second kappa shape index (κ2) is 16.2. The molecule has 0 aliphatic rings. The second-order valence-corrected chi connectivity index (χ2v) is 7.58. The molecule has 0 unspecified atom stereocenters. The monoisotopic (exact) mass is 370 g/mol. The van der Waals surface area contributed by atoms with Crippen LogP contribution in [-0.4, -0.2) is 28.9 Å². The molecule has 0 spiro atoms. The molecule has 0 aromatic rings. The van der Waals surface area contributed by atoms with Gasteiger partial charge in [-0.2, -0.15) is 0 Å². The molecule has 0 radical (unpaired) electrons. The van der Waals surface area contributed by atoms with Crippen molar-refractivity contribution in [1.29, 1.82) is 0 Å². The number of rotatable bonds is 19. The lowest BCUT2D eigenvalue weighted by molar-refractivity contribution is -0.148. The molecule has 5 nitrogen and oxygen atoms in total. The smallest absolute Gasteiger partial charge is 0.331 e. The van der Waals surface area contributed by atoms with Gasteiger partial charge in [-0.15, -0.1) is 0 Å². The fraction of sp³-hybridized carbons (Fsp3) is 0.905. The van der Waals surface area contributed by atoms with E-state index in [0.717, 1.165) is 19.3 Å². The Kier molecular flexibility index (Phi) is 15.7. The van der Waals surface area contributed by atoms with Crippen LogP contribution < -0.4 is 11.5 Å². The quantitative estimate of drug-likeness (QED) is 0.228. The van der Waals surface area contributed by atoms with Crippen molar-refractivity contribution >= 4 is 11.8 Å². The van der Waals surface area contributed by atoms with E-state index in [0.29, 0.717) is 13.0 Å². The van der Waals surface area contributed by atoms with Crippen molar-refractivity contribution in [2.75, 3.05) is 6.54 Å². The summed E-state index contributed by atoms with van der Waals surface area (Å²) >= 11 is 0. The van der Waals surface area contributed by atoms with Gasteiger partial charge < -0.3 is 16.6 Å². The summed E-state index contributed by atoms with van der Waals surface area (Å²) < 4.78 is 0. The largest absolute Gasteiger partial charge is 0.480 e. The van der Waals surface area contributed by atoms with E-state index in [-0.39, 0.29) is 18.6 Å². The number of Topliss-reactive ketones (excluding diaryl/α,β-unsaturated/α-hetero) is 1. The third kappa shape index (κ3) is 11.6. The maximum Gasteiger partial charge on any atom is 0.331 e. The van der Waals surface area contributed by atoms with E-state index in [2.05, 4.69) is 6.92 Å². The number of nitrogens with two attached hydrogens (primary N) is 2. The summed E-state index contributed by atoms with van der Waals surface area (Å²) in [6.45, 7) is 2.59. The molecular formula is C21H42N2O3. The summed E-state index contributed by atoms with van der Waals surface area (Å²) in [6.07, 6.45) is 16.9. The number of carbonyl (C=O) groups excluding carboxylic acids is 1. The summed E-state index contributed by atoms with van der Waals surface area (Å²) in [7, 11) is 0. The van der Waals surface area contributed by atoms with Crippen LogP contribution in [0, 0.1) is 0 Å². The zero-order valence-corrected chi connectivity index (χ0v) is 16.9. The first-order valence-electron chi connectivity index (χ1n) is 10.7. The lowest BCUT2D eigenvalue weighted by Crippen LogP contribution is -2.55. The van der Waals surface area contributed by atoms with Crippen molar-refractivity contribution in [3.05, 3.63) is 0 Å². The Morgan fingerprint density at radius 2 is 1.19 bits per heavy atom. The number of carboxylic acids is 1. The number of carbonyl (C=O) groups is 2. The average Bonchev–Trinajstić information content (AvgIpc) is 2.63. The van der Waals surface area contributed by atoms with Gasteiger partial charge in [0.15, 0.2) is 11.3 Å². The first kappa shape index (κ1) is 25.1. The van der Waals surface area contributed by atoms with Crippen molar-refractivity contribution in [2.24, 2.45) is 11.5 Å². The van der Waals surface area contributed by atoms with Crippen LogP contribution in [0.25, 0.3) is 0 Å². The first-order chi connectivity index (χ1) is 12.5. The lowest BCUT2D eigenvalue weighted by Gasteiger charge is -2.22. The highest BCUT2D eigenvalue weighted by Gasteiger charge is 2.40. The standard InChI is InChI=1S/C21H42N2O3/c1-2-3-4-5-6-7-8-9-10-11-12-13-14-16-19(24)21(23,20(25)26)17-15-18-22/h2-18,22-23H2,1H3,(H,25,26)/t21-/m0/s1. The molecule has 0 aliphatic carbocycles. The minimum absolute atomic E-state index is 0.121. The molecule has 5 N–H and O–H groups in total. The molecule has 154 valence electrons. The number of ketones is 1. The van der Waals surface area contributed by atoms with E-state index >= 15 is 0 Å². The third-order valence-electron chi connectivity index (χ3n) is 5.16. The van der Waals surface area contributed by atoms with Crippen LogP contribution in [-0.2, 0) is 9.59 Å². The van der Waals surface area contributed by atoms with Gasteiger partial charge in [-0.25, -0.2) is 4.79 Å². The summed E-state index contributed by atoms with van der Waals surface area (Å²) in [5.41, 5.74) is 9.46. The van der Waals surface area contributed by atoms with Gasteiger partial charge in [0.1, 0.15) is 0 Å². The fourth-order valence-electron chi connectivity index (χ4n) is 3.27. The molecule has 0 rings (SSSR count). The van der Waals surface area contributed by atoms with Crippen LogP contribution in [0.4, 0.5) is 0 Å². The van der Waals surface area contributed by atoms with E-state index in [1.54, 1.807) is 0 Å². The van der Waals surface area contributed by atoms with Crippen LogP contribution >= 0.6 is 0 Å². The molecule has 0 bridgehead atoms. The predicted molar refractivity (Wildman–Crippen MR) is 108 cm³/mol. The number of carboxylic acid groups (broad SMARTS) is 1. The van der Waals surface area contributed by atoms with Gasteiger partial charge in [0, 0.05) is 6.42 Å². The van der Waals surface area contributed by atoms with Gasteiger partial charge in [0.05, 0.1) is 0 Å². The molecule has 0 aromatic carbocycles. The van der Waals surface area contributed by atoms with E-state index in [9.17, 15) is 14.7 Å². The molecule has 0 heterocycles. The van der Waals surface area contributed by atoms with Crippen LogP contribution in [0.5, 0.6) is 0 Å². The number of aliphatic carboxylic acids is 1. The van der Waals surface area contributed by atoms with Crippen molar-refractivity contribution in [3.8, 4) is 0 Å². The van der Waals surface area contributed by atoms with Gasteiger partial charge in [-0.1, -0.05) is 84.0 Å². The van der Waals surface area contributed by atoms with Gasteiger partial charge in [-0.05, 0) is 25.8 Å². The molecule has 0 saturated carbocycles. The van der Waals surface area contributed by atoms with E-state index in [4.69, 9.17) is 11.5 Å². The van der Waals surface area contributed by atoms with Gasteiger partial charge in [-0.3, -0.25) is 4.79 Å². The summed E-state index contributed by atoms with van der Waals surface area (Å²) in [5, 5.41) is 9.25. The molecule has 26 heavy (non-hydrogen) atoms. The van der Waals surface area contributed by atoms with Gasteiger partial charge in [0.25, 0.3) is 0 Å². The SMILES string of the molecule is CCCCCCCCCCCCCCCC(=O)[C@@](N)(CCCN)C(=O)O. The summed E-state index contributed by atoms with van der Waals surface area (Å²) in [6, 6.07) is 0. The molecular weight excluding hydrogens is 328 g/mol. The molecule has 0 aliphatic heterocycles. The fourth-order valence-corrected chi connectivity index (χ4v) is 3.27. The minimum Gasteiger partial charge on any atom is -0.480 e. The van der Waals surface area contributed by atoms with E-state index < -0.39 is 11.5 Å².